The zero-order valence-electron chi connectivity index (χ0n) is 12.3. The fourth-order valence-corrected chi connectivity index (χ4v) is 4.16. The third kappa shape index (κ3) is 2.27. The van der Waals surface area contributed by atoms with Crippen molar-refractivity contribution in [1.29, 1.82) is 0 Å². The molecule has 21 heavy (non-hydrogen) atoms. The van der Waals surface area contributed by atoms with E-state index in [1.54, 1.807) is 0 Å². The number of hydrogen-bond acceptors (Lipinski definition) is 2. The van der Waals surface area contributed by atoms with Crippen LogP contribution in [0.3, 0.4) is 0 Å². The average Bonchev–Trinajstić information content (AvgIpc) is 2.77. The third-order valence-corrected chi connectivity index (χ3v) is 5.19. The van der Waals surface area contributed by atoms with Crippen LogP contribution < -0.4 is 10.1 Å². The van der Waals surface area contributed by atoms with E-state index >= 15 is 0 Å². The summed E-state index contributed by atoms with van der Waals surface area (Å²) in [5.41, 5.74) is 1.11. The van der Waals surface area contributed by atoms with E-state index in [9.17, 15) is 4.79 Å². The Morgan fingerprint density at radius 1 is 1.10 bits per heavy atom. The molecule has 2 bridgehead atoms. The molecule has 0 spiro atoms. The molecule has 2 saturated heterocycles. The topological polar surface area (TPSA) is 41.6 Å². The molecule has 3 unspecified atom stereocenters. The Balaban J connectivity index is 1.51. The number of para-hydroxylation sites is 1. The summed E-state index contributed by atoms with van der Waals surface area (Å²) < 4.78 is 5.67. The Morgan fingerprint density at radius 3 is 2.67 bits per heavy atom. The first-order valence-electron chi connectivity index (χ1n) is 8.13. The van der Waals surface area contributed by atoms with Gasteiger partial charge in [-0.2, -0.15) is 0 Å². The van der Waals surface area contributed by atoms with Gasteiger partial charge in [0.25, 0.3) is 0 Å². The minimum Gasteiger partial charge on any atom is -0.493 e. The summed E-state index contributed by atoms with van der Waals surface area (Å²) >= 11 is 0. The number of nitrogens with zero attached hydrogens (tertiary/aromatic N) is 1. The van der Waals surface area contributed by atoms with Gasteiger partial charge < -0.3 is 15.0 Å². The molecule has 0 aliphatic carbocycles. The summed E-state index contributed by atoms with van der Waals surface area (Å²) in [6.07, 6.45) is 6.85. The van der Waals surface area contributed by atoms with E-state index in [0.717, 1.165) is 17.7 Å². The number of hydrogen-bond donors (Lipinski definition) is 1. The van der Waals surface area contributed by atoms with Crippen LogP contribution in [0.4, 0.5) is 4.79 Å². The van der Waals surface area contributed by atoms with Gasteiger partial charge in [0, 0.05) is 24.1 Å². The Kier molecular flexibility index (Phi) is 3.24. The monoisotopic (exact) mass is 286 g/mol. The van der Waals surface area contributed by atoms with Crippen molar-refractivity contribution >= 4 is 6.03 Å². The van der Waals surface area contributed by atoms with Crippen molar-refractivity contribution in [1.82, 2.24) is 10.2 Å². The SMILES string of the molecule is O=C(NC1CCOc2ccccc21)N1C2CCCC1CC2. The van der Waals surface area contributed by atoms with Gasteiger partial charge in [-0.3, -0.25) is 0 Å². The fourth-order valence-electron chi connectivity index (χ4n) is 4.16. The predicted molar refractivity (Wildman–Crippen MR) is 80.3 cm³/mol. The maximum absolute atomic E-state index is 12.7. The Labute approximate surface area is 125 Å². The number of fused-ring (bicyclic) bond motifs is 3. The lowest BCUT2D eigenvalue weighted by molar-refractivity contribution is 0.140. The molecule has 4 nitrogen and oxygen atoms in total. The first-order chi connectivity index (χ1) is 10.3. The van der Waals surface area contributed by atoms with E-state index in [1.807, 2.05) is 18.2 Å². The standard InChI is InChI=1S/C17H22N2O2/c20-17(19-12-4-3-5-13(19)9-8-12)18-15-10-11-21-16-7-2-1-6-14(15)16/h1-2,6-7,12-13,15H,3-5,8-11H2,(H,18,20). The van der Waals surface area contributed by atoms with Crippen molar-refractivity contribution in [3.63, 3.8) is 0 Å². The molecule has 0 aromatic heterocycles. The van der Waals surface area contributed by atoms with Gasteiger partial charge in [0.05, 0.1) is 12.6 Å². The van der Waals surface area contributed by atoms with Gasteiger partial charge in [-0.25, -0.2) is 4.79 Å². The molecule has 1 aromatic rings. The highest BCUT2D eigenvalue weighted by Gasteiger charge is 2.40. The fraction of sp³-hybridized carbons (Fsp3) is 0.588. The summed E-state index contributed by atoms with van der Waals surface area (Å²) in [6, 6.07) is 9.19. The normalized spacial score (nSPS) is 30.5. The van der Waals surface area contributed by atoms with Crippen LogP contribution in [0.1, 0.15) is 50.1 Å². The molecule has 2 amide bonds. The number of benzene rings is 1. The van der Waals surface area contributed by atoms with E-state index in [-0.39, 0.29) is 12.1 Å². The maximum atomic E-state index is 12.7. The van der Waals surface area contributed by atoms with Crippen LogP contribution in [0, 0.1) is 0 Å². The third-order valence-electron chi connectivity index (χ3n) is 5.19. The lowest BCUT2D eigenvalue weighted by Crippen LogP contribution is -2.50. The highest BCUT2D eigenvalue weighted by atomic mass is 16.5. The lowest BCUT2D eigenvalue weighted by Gasteiger charge is -2.36. The van der Waals surface area contributed by atoms with Crippen molar-refractivity contribution in [3.8, 4) is 5.75 Å². The molecule has 2 fully saturated rings. The summed E-state index contributed by atoms with van der Waals surface area (Å²) in [6.45, 7) is 0.675. The molecule has 3 heterocycles. The number of amides is 2. The summed E-state index contributed by atoms with van der Waals surface area (Å²) in [5.74, 6) is 0.913. The number of nitrogens with one attached hydrogen (secondary N) is 1. The van der Waals surface area contributed by atoms with Gasteiger partial charge in [-0.15, -0.1) is 0 Å². The number of rotatable bonds is 1. The average molecular weight is 286 g/mol. The van der Waals surface area contributed by atoms with Gasteiger partial charge in [-0.1, -0.05) is 18.2 Å². The van der Waals surface area contributed by atoms with Gasteiger partial charge in [-0.05, 0) is 38.2 Å². The summed E-state index contributed by atoms with van der Waals surface area (Å²) in [4.78, 5) is 14.8. The molecule has 4 rings (SSSR count). The lowest BCUT2D eigenvalue weighted by atomic mass is 10.00. The minimum atomic E-state index is 0.0868. The van der Waals surface area contributed by atoms with Crippen LogP contribution in [0.15, 0.2) is 24.3 Å². The van der Waals surface area contributed by atoms with Crippen LogP contribution in [0.5, 0.6) is 5.75 Å². The van der Waals surface area contributed by atoms with E-state index in [2.05, 4.69) is 16.3 Å². The molecule has 3 aliphatic heterocycles. The van der Waals surface area contributed by atoms with Crippen molar-refractivity contribution in [2.75, 3.05) is 6.61 Å². The van der Waals surface area contributed by atoms with Gasteiger partial charge in [0.15, 0.2) is 0 Å². The zero-order chi connectivity index (χ0) is 14.2. The maximum Gasteiger partial charge on any atom is 0.318 e. The van der Waals surface area contributed by atoms with E-state index in [0.29, 0.717) is 18.7 Å². The molecule has 3 aliphatic rings. The molecule has 0 radical (unpaired) electrons. The predicted octanol–water partition coefficient (Wildman–Crippen LogP) is 3.24. The Bertz CT molecular complexity index is 529. The molecular weight excluding hydrogens is 264 g/mol. The molecule has 1 aromatic carbocycles. The highest BCUT2D eigenvalue weighted by molar-refractivity contribution is 5.76. The van der Waals surface area contributed by atoms with E-state index < -0.39 is 0 Å². The Morgan fingerprint density at radius 2 is 1.86 bits per heavy atom. The van der Waals surface area contributed by atoms with Crippen molar-refractivity contribution in [2.45, 2.75) is 56.7 Å². The second kappa shape index (κ2) is 5.24. The minimum absolute atomic E-state index is 0.0868. The summed E-state index contributed by atoms with van der Waals surface area (Å²) in [5, 5.41) is 3.25. The highest BCUT2D eigenvalue weighted by Crippen LogP contribution is 2.37. The van der Waals surface area contributed by atoms with Crippen LogP contribution in [-0.2, 0) is 0 Å². The number of carbonyl (C=O) groups is 1. The zero-order valence-corrected chi connectivity index (χ0v) is 12.3. The first kappa shape index (κ1) is 13.0. The van der Waals surface area contributed by atoms with Crippen LogP contribution in [0.2, 0.25) is 0 Å². The van der Waals surface area contributed by atoms with Crippen LogP contribution in [-0.4, -0.2) is 29.6 Å². The molecule has 4 heteroatoms. The summed E-state index contributed by atoms with van der Waals surface area (Å²) in [7, 11) is 0. The molecule has 0 saturated carbocycles. The van der Waals surface area contributed by atoms with Gasteiger partial charge >= 0.3 is 6.03 Å². The second-order valence-electron chi connectivity index (χ2n) is 6.40. The molecule has 3 atom stereocenters. The number of urea groups is 1. The molecular formula is C17H22N2O2. The van der Waals surface area contributed by atoms with Crippen LogP contribution >= 0.6 is 0 Å². The second-order valence-corrected chi connectivity index (χ2v) is 6.40. The van der Waals surface area contributed by atoms with Gasteiger partial charge in [0.1, 0.15) is 5.75 Å². The van der Waals surface area contributed by atoms with Gasteiger partial charge in [0.2, 0.25) is 0 Å². The molecule has 112 valence electrons. The number of ether oxygens (including phenoxy) is 1. The van der Waals surface area contributed by atoms with Crippen molar-refractivity contribution < 1.29 is 9.53 Å². The quantitative estimate of drug-likeness (QED) is 0.861. The van der Waals surface area contributed by atoms with E-state index in [4.69, 9.17) is 4.74 Å². The van der Waals surface area contributed by atoms with Crippen LogP contribution in [0.25, 0.3) is 0 Å². The smallest absolute Gasteiger partial charge is 0.318 e. The van der Waals surface area contributed by atoms with Crippen molar-refractivity contribution in [3.05, 3.63) is 29.8 Å². The largest absolute Gasteiger partial charge is 0.493 e. The van der Waals surface area contributed by atoms with Crippen molar-refractivity contribution in [2.24, 2.45) is 0 Å². The Hall–Kier alpha value is -1.71. The number of carbonyl (C=O) groups excluding carboxylic acids is 1. The number of piperidine rings is 1. The first-order valence-corrected chi connectivity index (χ1v) is 8.13. The molecule has 1 N–H and O–H groups in total. The van der Waals surface area contributed by atoms with E-state index in [1.165, 1.54) is 32.1 Å².